The fourth-order valence-corrected chi connectivity index (χ4v) is 4.22. The first kappa shape index (κ1) is 26.5. The quantitative estimate of drug-likeness (QED) is 0.140. The van der Waals surface area contributed by atoms with Gasteiger partial charge in [-0.2, -0.15) is 5.10 Å². The summed E-state index contributed by atoms with van der Waals surface area (Å²) in [5, 5.41) is 7.29. The summed E-state index contributed by atoms with van der Waals surface area (Å²) in [5.74, 6) is 0.971. The van der Waals surface area contributed by atoms with Crippen LogP contribution in [-0.4, -0.2) is 22.8 Å². The normalized spacial score (nSPS) is 10.9. The zero-order valence-electron chi connectivity index (χ0n) is 21.6. The zero-order valence-corrected chi connectivity index (χ0v) is 21.6. The van der Waals surface area contributed by atoms with Gasteiger partial charge in [0.1, 0.15) is 11.5 Å². The van der Waals surface area contributed by atoms with Crippen molar-refractivity contribution in [3.05, 3.63) is 76.6 Å². The van der Waals surface area contributed by atoms with Crippen molar-refractivity contribution in [2.75, 3.05) is 6.61 Å². The Labute approximate surface area is 210 Å². The van der Waals surface area contributed by atoms with Crippen molar-refractivity contribution in [3.63, 3.8) is 0 Å². The fraction of sp³-hybridized carbons (Fsp3) is 0.467. The van der Waals surface area contributed by atoms with E-state index in [4.69, 9.17) is 9.47 Å². The number of aromatic amines is 1. The molecule has 188 valence electrons. The van der Waals surface area contributed by atoms with Gasteiger partial charge in [-0.15, -0.1) is 0 Å². The number of hydrogen-bond acceptors (Lipinski definition) is 4. The molecule has 2 aromatic carbocycles. The second-order valence-corrected chi connectivity index (χ2v) is 9.29. The van der Waals surface area contributed by atoms with Crippen LogP contribution in [-0.2, 0) is 12.8 Å². The number of nitrogens with one attached hydrogen (secondary N) is 1. The minimum Gasteiger partial charge on any atom is -0.494 e. The number of aryl methyl sites for hydroxylation is 3. The lowest BCUT2D eigenvalue weighted by Crippen LogP contribution is -2.08. The molecule has 0 aliphatic carbocycles. The molecule has 0 unspecified atom stereocenters. The maximum atomic E-state index is 12.5. The number of H-pyrrole nitrogens is 1. The first-order chi connectivity index (χ1) is 17.1. The van der Waals surface area contributed by atoms with Crippen molar-refractivity contribution in [1.29, 1.82) is 0 Å². The topological polar surface area (TPSA) is 64.2 Å². The Morgan fingerprint density at radius 2 is 1.43 bits per heavy atom. The van der Waals surface area contributed by atoms with Gasteiger partial charge in [0.05, 0.1) is 17.9 Å². The number of benzene rings is 2. The van der Waals surface area contributed by atoms with E-state index in [0.717, 1.165) is 36.4 Å². The van der Waals surface area contributed by atoms with Crippen molar-refractivity contribution in [2.45, 2.75) is 85.0 Å². The van der Waals surface area contributed by atoms with Crippen LogP contribution >= 0.6 is 0 Å². The Balaban J connectivity index is 1.36. The predicted molar refractivity (Wildman–Crippen MR) is 141 cm³/mol. The maximum absolute atomic E-state index is 12.5. The third-order valence-electron chi connectivity index (χ3n) is 6.43. The molecule has 0 radical (unpaired) electrons. The first-order valence-electron chi connectivity index (χ1n) is 13.1. The number of carbonyl (C=O) groups is 1. The minimum atomic E-state index is -0.364. The molecule has 5 nitrogen and oxygen atoms in total. The molecule has 1 N–H and O–H groups in total. The molecule has 3 rings (SSSR count). The molecule has 0 aliphatic heterocycles. The lowest BCUT2D eigenvalue weighted by molar-refractivity contribution is 0.0734. The highest BCUT2D eigenvalue weighted by atomic mass is 16.5. The molecule has 5 heteroatoms. The van der Waals surface area contributed by atoms with Crippen LogP contribution in [0.2, 0.25) is 0 Å². The van der Waals surface area contributed by atoms with Gasteiger partial charge in [0.15, 0.2) is 0 Å². The van der Waals surface area contributed by atoms with Crippen LogP contribution in [0.1, 0.15) is 91.2 Å². The average molecular weight is 477 g/mol. The van der Waals surface area contributed by atoms with Gasteiger partial charge in [-0.05, 0) is 80.6 Å². The summed E-state index contributed by atoms with van der Waals surface area (Å²) in [6.45, 7) is 7.04. The third-order valence-corrected chi connectivity index (χ3v) is 6.43. The van der Waals surface area contributed by atoms with Crippen molar-refractivity contribution in [2.24, 2.45) is 0 Å². The van der Waals surface area contributed by atoms with E-state index in [0.29, 0.717) is 17.9 Å². The van der Waals surface area contributed by atoms with E-state index in [9.17, 15) is 4.79 Å². The summed E-state index contributed by atoms with van der Waals surface area (Å²) < 4.78 is 11.4. The number of unbranched alkanes of at least 4 members (excludes halogenated alkanes) is 7. The monoisotopic (exact) mass is 476 g/mol. The van der Waals surface area contributed by atoms with Crippen LogP contribution in [0.5, 0.6) is 11.5 Å². The number of hydrogen-bond donors (Lipinski definition) is 1. The fourth-order valence-electron chi connectivity index (χ4n) is 4.22. The van der Waals surface area contributed by atoms with Crippen molar-refractivity contribution >= 4 is 5.97 Å². The van der Waals surface area contributed by atoms with Crippen LogP contribution in [0.15, 0.2) is 48.5 Å². The highest BCUT2D eigenvalue weighted by Gasteiger charge is 2.10. The number of esters is 1. The molecule has 0 atom stereocenters. The van der Waals surface area contributed by atoms with Gasteiger partial charge in [0.25, 0.3) is 0 Å². The lowest BCUT2D eigenvalue weighted by Gasteiger charge is -2.08. The lowest BCUT2D eigenvalue weighted by atomic mass is 10.0. The van der Waals surface area contributed by atoms with Crippen LogP contribution in [0.4, 0.5) is 0 Å². The number of ether oxygens (including phenoxy) is 2. The van der Waals surface area contributed by atoms with Crippen molar-refractivity contribution in [3.8, 4) is 11.5 Å². The smallest absolute Gasteiger partial charge is 0.343 e. The van der Waals surface area contributed by atoms with Crippen LogP contribution < -0.4 is 9.47 Å². The van der Waals surface area contributed by atoms with E-state index in [-0.39, 0.29) is 5.97 Å². The number of nitrogens with zero attached hydrogens (tertiary/aromatic N) is 1. The third kappa shape index (κ3) is 8.89. The van der Waals surface area contributed by atoms with E-state index in [1.54, 1.807) is 12.1 Å². The highest BCUT2D eigenvalue weighted by molar-refractivity contribution is 5.91. The molecule has 0 saturated carbocycles. The molecule has 0 spiro atoms. The summed E-state index contributed by atoms with van der Waals surface area (Å²) in [7, 11) is 0. The first-order valence-corrected chi connectivity index (χ1v) is 13.1. The summed E-state index contributed by atoms with van der Waals surface area (Å²) in [6.07, 6.45) is 12.1. The van der Waals surface area contributed by atoms with E-state index >= 15 is 0 Å². The molecule has 0 bridgehead atoms. The van der Waals surface area contributed by atoms with Crippen molar-refractivity contribution in [1.82, 2.24) is 10.2 Å². The number of rotatable bonds is 15. The van der Waals surface area contributed by atoms with Gasteiger partial charge < -0.3 is 9.47 Å². The van der Waals surface area contributed by atoms with Crippen molar-refractivity contribution < 1.29 is 14.3 Å². The average Bonchev–Trinajstić information content (AvgIpc) is 3.19. The van der Waals surface area contributed by atoms with Gasteiger partial charge in [0.2, 0.25) is 0 Å². The Morgan fingerprint density at radius 1 is 0.800 bits per heavy atom. The van der Waals surface area contributed by atoms with Gasteiger partial charge >= 0.3 is 5.97 Å². The van der Waals surface area contributed by atoms with E-state index in [1.165, 1.54) is 56.1 Å². The molecule has 0 aliphatic rings. The minimum absolute atomic E-state index is 0.364. The Bertz CT molecular complexity index is 1000. The Morgan fingerprint density at radius 3 is 2.06 bits per heavy atom. The Kier molecular flexibility index (Phi) is 10.9. The SMILES string of the molecule is CCCCCCCCCCOc1ccc(C(=O)Oc2ccc(CCc3c(C)n[nH]c3C)cc2)cc1. The van der Waals surface area contributed by atoms with E-state index in [1.807, 2.05) is 50.2 Å². The molecule has 35 heavy (non-hydrogen) atoms. The van der Waals surface area contributed by atoms with Crippen LogP contribution in [0.25, 0.3) is 0 Å². The molecule has 3 aromatic rings. The van der Waals surface area contributed by atoms with E-state index < -0.39 is 0 Å². The molecule has 0 amide bonds. The summed E-state index contributed by atoms with van der Waals surface area (Å²) >= 11 is 0. The molecule has 0 saturated heterocycles. The van der Waals surface area contributed by atoms with Gasteiger partial charge in [-0.25, -0.2) is 4.79 Å². The number of aromatic nitrogens is 2. The number of carbonyl (C=O) groups excluding carboxylic acids is 1. The largest absolute Gasteiger partial charge is 0.494 e. The van der Waals surface area contributed by atoms with Crippen LogP contribution in [0.3, 0.4) is 0 Å². The highest BCUT2D eigenvalue weighted by Crippen LogP contribution is 2.19. The summed E-state index contributed by atoms with van der Waals surface area (Å²) in [4.78, 5) is 12.5. The zero-order chi connectivity index (χ0) is 24.9. The van der Waals surface area contributed by atoms with Gasteiger partial charge in [-0.1, -0.05) is 64.0 Å². The molecular weight excluding hydrogens is 436 g/mol. The molecule has 1 heterocycles. The summed E-state index contributed by atoms with van der Waals surface area (Å²) in [5.41, 5.74) is 5.16. The maximum Gasteiger partial charge on any atom is 0.343 e. The summed E-state index contributed by atoms with van der Waals surface area (Å²) in [6, 6.07) is 14.9. The standard InChI is InChI=1S/C30H40N2O3/c1-4-5-6-7-8-9-10-11-22-34-27-19-15-26(16-20-27)30(33)35-28-17-12-25(13-18-28)14-21-29-23(2)31-32-24(29)3/h12-13,15-20H,4-11,14,21-22H2,1-3H3,(H,31,32). The van der Waals surface area contributed by atoms with Crippen LogP contribution in [0, 0.1) is 13.8 Å². The Hall–Kier alpha value is -3.08. The predicted octanol–water partition coefficient (Wildman–Crippen LogP) is 7.55. The van der Waals surface area contributed by atoms with E-state index in [2.05, 4.69) is 17.1 Å². The molecule has 1 aromatic heterocycles. The second-order valence-electron chi connectivity index (χ2n) is 9.29. The van der Waals surface area contributed by atoms with Gasteiger partial charge in [-0.3, -0.25) is 5.10 Å². The second kappa shape index (κ2) is 14.3. The molecule has 0 fully saturated rings. The molecular formula is C30H40N2O3. The van der Waals surface area contributed by atoms with Gasteiger partial charge in [0, 0.05) is 5.69 Å².